The summed E-state index contributed by atoms with van der Waals surface area (Å²) in [7, 11) is 0. The predicted molar refractivity (Wildman–Crippen MR) is 169 cm³/mol. The van der Waals surface area contributed by atoms with E-state index in [2.05, 4.69) is 46.0 Å². The summed E-state index contributed by atoms with van der Waals surface area (Å²) in [6.07, 6.45) is 15.2. The summed E-state index contributed by atoms with van der Waals surface area (Å²) in [5.74, 6) is 1.86. The zero-order valence-corrected chi connectivity index (χ0v) is 26.7. The van der Waals surface area contributed by atoms with Crippen molar-refractivity contribution in [2.75, 3.05) is 13.1 Å². The van der Waals surface area contributed by atoms with Gasteiger partial charge in [0.05, 0.1) is 11.0 Å². The number of carbonyl (C=O) groups is 2. The van der Waals surface area contributed by atoms with E-state index in [0.29, 0.717) is 48.2 Å². The van der Waals surface area contributed by atoms with Crippen molar-refractivity contribution in [2.45, 2.75) is 105 Å². The summed E-state index contributed by atoms with van der Waals surface area (Å²) in [5.41, 5.74) is 9.27. The van der Waals surface area contributed by atoms with Gasteiger partial charge >= 0.3 is 5.97 Å². The molecule has 4 fully saturated rings. The second kappa shape index (κ2) is 10.2. The number of allylic oxidation sites excluding steroid dienone is 2. The number of rotatable bonds is 6. The monoisotopic (exact) mass is 574 g/mol. The van der Waals surface area contributed by atoms with Crippen LogP contribution in [0.15, 0.2) is 30.3 Å². The number of nitrogens with one attached hydrogen (secondary N) is 1. The summed E-state index contributed by atoms with van der Waals surface area (Å²) in [4.78, 5) is 25.2. The number of fused-ring (bicyclic) bond motifs is 7. The van der Waals surface area contributed by atoms with E-state index in [1.165, 1.54) is 56.1 Å². The molecule has 0 saturated heterocycles. The number of hydrogen-bond donors (Lipinski definition) is 3. The summed E-state index contributed by atoms with van der Waals surface area (Å²) >= 11 is 0. The largest absolute Gasteiger partial charge is 0.478 e. The van der Waals surface area contributed by atoms with Crippen LogP contribution in [0.25, 0.3) is 5.57 Å². The number of benzene rings is 1. The molecular formula is C37H54N2O3. The van der Waals surface area contributed by atoms with Gasteiger partial charge in [-0.25, -0.2) is 4.79 Å². The maximum absolute atomic E-state index is 13.7. The van der Waals surface area contributed by atoms with Gasteiger partial charge in [-0.3, -0.25) is 4.79 Å². The number of nitrogens with two attached hydrogens (primary N) is 1. The van der Waals surface area contributed by atoms with E-state index in [0.717, 1.165) is 25.7 Å². The standard InChI is InChI=1S/C37H54N2O3/c1-33(2)26(24-9-11-25(12-10-24)31(40)41)15-18-34(3)29(33)16-19-36(5)30(34)14-13-27-28-8-6-17-37(28,21-20-35(27,36)4)32(42)39-23-7-22-38/h9-12,15,27-30H,6-8,13-14,16-23,38H2,1-5H3,(H,39,42)(H,40,41)/t27-,28-,29+,30-,34+,35-,36-,37+/m1/s1. The Balaban J connectivity index is 1.30. The highest BCUT2D eigenvalue weighted by Gasteiger charge is 2.70. The average molecular weight is 575 g/mol. The second-order valence-corrected chi connectivity index (χ2v) is 16.1. The van der Waals surface area contributed by atoms with Crippen molar-refractivity contribution in [3.8, 4) is 0 Å². The van der Waals surface area contributed by atoms with Gasteiger partial charge < -0.3 is 16.2 Å². The molecule has 5 heteroatoms. The molecule has 0 bridgehead atoms. The Bertz CT molecular complexity index is 1270. The van der Waals surface area contributed by atoms with E-state index in [4.69, 9.17) is 5.73 Å². The van der Waals surface area contributed by atoms with Gasteiger partial charge in [0.2, 0.25) is 5.91 Å². The third-order valence-electron chi connectivity index (χ3n) is 14.5. The normalized spacial score (nSPS) is 41.9. The highest BCUT2D eigenvalue weighted by molar-refractivity contribution is 5.88. The fraction of sp³-hybridized carbons (Fsp3) is 0.730. The molecule has 0 radical (unpaired) electrons. The van der Waals surface area contributed by atoms with Crippen molar-refractivity contribution in [1.82, 2.24) is 5.32 Å². The highest BCUT2D eigenvalue weighted by atomic mass is 16.4. The quantitative estimate of drug-likeness (QED) is 0.304. The molecule has 5 nitrogen and oxygen atoms in total. The first-order valence-electron chi connectivity index (χ1n) is 16.9. The van der Waals surface area contributed by atoms with Gasteiger partial charge in [0.1, 0.15) is 0 Å². The number of carboxylic acid groups (broad SMARTS) is 1. The van der Waals surface area contributed by atoms with E-state index in [9.17, 15) is 14.7 Å². The SMILES string of the molecule is CC1(C)C(c2ccc(C(=O)O)cc2)=CC[C@]2(C)[C@H]3CC[C@@H]4[C@H]5CCC[C@]5(C(=O)NCCCN)CC[C@@]4(C)[C@]3(C)CC[C@@H]12. The van der Waals surface area contributed by atoms with Gasteiger partial charge in [0.15, 0.2) is 0 Å². The van der Waals surface area contributed by atoms with E-state index >= 15 is 0 Å². The molecule has 1 amide bonds. The molecule has 8 atom stereocenters. The van der Waals surface area contributed by atoms with E-state index < -0.39 is 5.97 Å². The third-order valence-corrected chi connectivity index (χ3v) is 14.5. The van der Waals surface area contributed by atoms with Crippen LogP contribution in [-0.2, 0) is 4.79 Å². The van der Waals surface area contributed by atoms with E-state index in [-0.39, 0.29) is 27.1 Å². The van der Waals surface area contributed by atoms with Crippen LogP contribution in [0.1, 0.15) is 121 Å². The van der Waals surface area contributed by atoms with Crippen LogP contribution in [0.2, 0.25) is 0 Å². The van der Waals surface area contributed by atoms with Gasteiger partial charge in [0.25, 0.3) is 0 Å². The Hall–Kier alpha value is -2.14. The van der Waals surface area contributed by atoms with Crippen molar-refractivity contribution < 1.29 is 14.7 Å². The molecule has 5 aliphatic rings. The Kier molecular flexibility index (Phi) is 7.27. The highest BCUT2D eigenvalue weighted by Crippen LogP contribution is 2.77. The molecule has 0 aliphatic heterocycles. The molecule has 0 aromatic heterocycles. The predicted octanol–water partition coefficient (Wildman–Crippen LogP) is 7.70. The number of carbonyl (C=O) groups excluding carboxylic acids is 1. The first-order chi connectivity index (χ1) is 19.8. The summed E-state index contributed by atoms with van der Waals surface area (Å²) in [5, 5.41) is 12.7. The average Bonchev–Trinajstić information content (AvgIpc) is 3.39. The van der Waals surface area contributed by atoms with E-state index in [1.54, 1.807) is 12.1 Å². The molecule has 5 aliphatic carbocycles. The van der Waals surface area contributed by atoms with Crippen molar-refractivity contribution in [3.63, 3.8) is 0 Å². The fourth-order valence-electron chi connectivity index (χ4n) is 12.3. The molecule has 230 valence electrons. The molecule has 6 rings (SSSR count). The van der Waals surface area contributed by atoms with E-state index in [1.807, 2.05) is 12.1 Å². The first kappa shape index (κ1) is 29.9. The minimum absolute atomic E-state index is 0.0195. The Morgan fingerprint density at radius 3 is 2.31 bits per heavy atom. The molecule has 0 unspecified atom stereocenters. The minimum Gasteiger partial charge on any atom is -0.478 e. The summed E-state index contributed by atoms with van der Waals surface area (Å²) in [6.45, 7) is 14.1. The van der Waals surface area contributed by atoms with Gasteiger partial charge in [-0.1, -0.05) is 59.2 Å². The summed E-state index contributed by atoms with van der Waals surface area (Å²) < 4.78 is 0. The van der Waals surface area contributed by atoms with Crippen molar-refractivity contribution in [3.05, 3.63) is 41.5 Å². The van der Waals surface area contributed by atoms with Crippen LogP contribution >= 0.6 is 0 Å². The number of amides is 1. The minimum atomic E-state index is -0.869. The van der Waals surface area contributed by atoms with Gasteiger partial charge in [0, 0.05) is 6.54 Å². The third kappa shape index (κ3) is 4.04. The maximum atomic E-state index is 13.7. The molecule has 0 spiro atoms. The lowest BCUT2D eigenvalue weighted by molar-refractivity contribution is -0.222. The van der Waals surface area contributed by atoms with Crippen molar-refractivity contribution >= 4 is 17.4 Å². The molecule has 42 heavy (non-hydrogen) atoms. The van der Waals surface area contributed by atoms with Crippen LogP contribution in [-0.4, -0.2) is 30.1 Å². The summed E-state index contributed by atoms with van der Waals surface area (Å²) in [6, 6.07) is 7.54. The van der Waals surface area contributed by atoms with Crippen LogP contribution in [0.3, 0.4) is 0 Å². The van der Waals surface area contributed by atoms with Crippen LogP contribution in [0, 0.1) is 50.7 Å². The molecule has 1 aromatic carbocycles. The fourth-order valence-corrected chi connectivity index (χ4v) is 12.3. The number of hydrogen-bond acceptors (Lipinski definition) is 3. The lowest BCUT2D eigenvalue weighted by Gasteiger charge is -2.72. The molecule has 4 saturated carbocycles. The van der Waals surface area contributed by atoms with Crippen LogP contribution in [0.5, 0.6) is 0 Å². The van der Waals surface area contributed by atoms with Crippen molar-refractivity contribution in [1.29, 1.82) is 0 Å². The molecular weight excluding hydrogens is 520 g/mol. The number of aromatic carboxylic acids is 1. The van der Waals surface area contributed by atoms with Gasteiger partial charge in [-0.2, -0.15) is 0 Å². The second-order valence-electron chi connectivity index (χ2n) is 16.1. The van der Waals surface area contributed by atoms with Crippen molar-refractivity contribution in [2.24, 2.45) is 56.5 Å². The lowest BCUT2D eigenvalue weighted by atomic mass is 9.32. The maximum Gasteiger partial charge on any atom is 0.335 e. The Morgan fingerprint density at radius 1 is 0.881 bits per heavy atom. The smallest absolute Gasteiger partial charge is 0.335 e. The zero-order valence-electron chi connectivity index (χ0n) is 26.7. The Labute approximate surface area is 253 Å². The topological polar surface area (TPSA) is 92.4 Å². The molecule has 1 aromatic rings. The van der Waals surface area contributed by atoms with Crippen LogP contribution in [0.4, 0.5) is 0 Å². The van der Waals surface area contributed by atoms with Crippen LogP contribution < -0.4 is 11.1 Å². The molecule has 0 heterocycles. The first-order valence-corrected chi connectivity index (χ1v) is 16.9. The molecule has 4 N–H and O–H groups in total. The lowest BCUT2D eigenvalue weighted by Crippen LogP contribution is -2.65. The Morgan fingerprint density at radius 2 is 1.62 bits per heavy atom. The van der Waals surface area contributed by atoms with Gasteiger partial charge in [-0.05, 0) is 139 Å². The zero-order chi connectivity index (χ0) is 30.1. The number of carboxylic acids is 1. The van der Waals surface area contributed by atoms with Gasteiger partial charge in [-0.15, -0.1) is 0 Å².